The van der Waals surface area contributed by atoms with Crippen LogP contribution in [0.2, 0.25) is 0 Å². The van der Waals surface area contributed by atoms with E-state index in [2.05, 4.69) is 22.8 Å². The van der Waals surface area contributed by atoms with E-state index in [1.165, 1.54) is 16.2 Å². The van der Waals surface area contributed by atoms with Gasteiger partial charge in [0.1, 0.15) is 0 Å². The molecule has 0 aliphatic rings. The lowest BCUT2D eigenvalue weighted by atomic mass is 10.2. The van der Waals surface area contributed by atoms with Crippen LogP contribution < -0.4 is 10.6 Å². The first-order valence-electron chi connectivity index (χ1n) is 7.15. The largest absolute Gasteiger partial charge is 0.387 e. The van der Waals surface area contributed by atoms with Crippen molar-refractivity contribution in [2.24, 2.45) is 0 Å². The van der Waals surface area contributed by atoms with Crippen LogP contribution in [-0.4, -0.2) is 30.0 Å². The summed E-state index contributed by atoms with van der Waals surface area (Å²) >= 11 is 3.31. The molecule has 0 aliphatic carbocycles. The van der Waals surface area contributed by atoms with Crippen molar-refractivity contribution in [3.05, 3.63) is 52.7 Å². The van der Waals surface area contributed by atoms with E-state index in [1.807, 2.05) is 35.0 Å². The lowest BCUT2D eigenvalue weighted by Gasteiger charge is -2.11. The highest BCUT2D eigenvalue weighted by atomic mass is 32.2. The first-order chi connectivity index (χ1) is 10.8. The molecule has 1 atom stereocenters. The van der Waals surface area contributed by atoms with Crippen molar-refractivity contribution in [2.75, 3.05) is 18.8 Å². The minimum absolute atomic E-state index is 0.224. The van der Waals surface area contributed by atoms with Crippen molar-refractivity contribution in [3.8, 4) is 0 Å². The zero-order valence-corrected chi connectivity index (χ0v) is 13.8. The topological polar surface area (TPSA) is 61.4 Å². The lowest BCUT2D eigenvalue weighted by molar-refractivity contribution is 0.173. The molecule has 4 nitrogen and oxygen atoms in total. The molecule has 1 heterocycles. The fraction of sp³-hybridized carbons (Fsp3) is 0.312. The second kappa shape index (κ2) is 9.50. The average Bonchev–Trinajstić information content (AvgIpc) is 3.08. The third-order valence-corrected chi connectivity index (χ3v) is 4.80. The number of thiophene rings is 1. The molecule has 2 amide bonds. The van der Waals surface area contributed by atoms with Crippen molar-refractivity contribution in [1.82, 2.24) is 10.6 Å². The molecule has 1 unspecified atom stereocenters. The van der Waals surface area contributed by atoms with Gasteiger partial charge in [0, 0.05) is 18.0 Å². The van der Waals surface area contributed by atoms with E-state index < -0.39 is 6.10 Å². The van der Waals surface area contributed by atoms with Crippen LogP contribution in [-0.2, 0) is 0 Å². The fourth-order valence-electron chi connectivity index (χ4n) is 1.82. The van der Waals surface area contributed by atoms with Gasteiger partial charge in [-0.1, -0.05) is 18.2 Å². The Kier molecular flexibility index (Phi) is 7.28. The Balaban J connectivity index is 1.52. The molecule has 0 fully saturated rings. The number of amides is 2. The second-order valence-corrected chi connectivity index (χ2v) is 6.67. The monoisotopic (exact) mass is 336 g/mol. The summed E-state index contributed by atoms with van der Waals surface area (Å²) in [6, 6.07) is 11.8. The van der Waals surface area contributed by atoms with Gasteiger partial charge in [-0.25, -0.2) is 4.79 Å². The molecule has 2 aromatic rings. The maximum Gasteiger partial charge on any atom is 0.314 e. The van der Waals surface area contributed by atoms with Gasteiger partial charge in [0.15, 0.2) is 0 Å². The van der Waals surface area contributed by atoms with Crippen molar-refractivity contribution in [3.63, 3.8) is 0 Å². The molecule has 0 spiro atoms. The molecule has 6 heteroatoms. The smallest absolute Gasteiger partial charge is 0.314 e. The summed E-state index contributed by atoms with van der Waals surface area (Å²) in [5, 5.41) is 19.1. The van der Waals surface area contributed by atoms with Crippen LogP contribution in [0.15, 0.2) is 52.1 Å². The van der Waals surface area contributed by atoms with Crippen LogP contribution in [0.1, 0.15) is 18.1 Å². The molecule has 1 aromatic heterocycles. The first-order valence-corrected chi connectivity index (χ1v) is 9.08. The summed E-state index contributed by atoms with van der Waals surface area (Å²) in [6.07, 6.45) is 0.255. The number of rotatable bonds is 8. The second-order valence-electron chi connectivity index (χ2n) is 4.72. The molecule has 0 aliphatic heterocycles. The minimum atomic E-state index is -0.648. The quantitative estimate of drug-likeness (QED) is 0.512. The maximum absolute atomic E-state index is 11.6. The van der Waals surface area contributed by atoms with Crippen molar-refractivity contribution in [1.29, 1.82) is 0 Å². The number of urea groups is 1. The fourth-order valence-corrected chi connectivity index (χ4v) is 3.40. The van der Waals surface area contributed by atoms with Crippen LogP contribution in [0.3, 0.4) is 0 Å². The highest BCUT2D eigenvalue weighted by Gasteiger charge is 2.09. The summed E-state index contributed by atoms with van der Waals surface area (Å²) in [4.78, 5) is 12.9. The molecule has 2 rings (SSSR count). The van der Waals surface area contributed by atoms with E-state index in [-0.39, 0.29) is 12.6 Å². The SMILES string of the molecule is O=C(NCCCSc1ccccc1)NCC(O)c1ccsc1. The van der Waals surface area contributed by atoms with Crippen LogP contribution in [0.5, 0.6) is 0 Å². The summed E-state index contributed by atoms with van der Waals surface area (Å²) in [7, 11) is 0. The van der Waals surface area contributed by atoms with Gasteiger partial charge in [-0.3, -0.25) is 0 Å². The van der Waals surface area contributed by atoms with E-state index in [9.17, 15) is 9.90 Å². The van der Waals surface area contributed by atoms with Gasteiger partial charge in [0.25, 0.3) is 0 Å². The van der Waals surface area contributed by atoms with Crippen LogP contribution >= 0.6 is 23.1 Å². The summed E-state index contributed by atoms with van der Waals surface area (Å²) in [5.41, 5.74) is 0.838. The summed E-state index contributed by atoms with van der Waals surface area (Å²) in [6.45, 7) is 0.849. The Morgan fingerprint density at radius 2 is 2.05 bits per heavy atom. The van der Waals surface area contributed by atoms with Crippen molar-refractivity contribution in [2.45, 2.75) is 17.4 Å². The molecular formula is C16H20N2O2S2. The Labute approximate surface area is 138 Å². The van der Waals surface area contributed by atoms with E-state index >= 15 is 0 Å². The predicted octanol–water partition coefficient (Wildman–Crippen LogP) is 3.26. The van der Waals surface area contributed by atoms with Gasteiger partial charge >= 0.3 is 6.03 Å². The van der Waals surface area contributed by atoms with Crippen molar-refractivity contribution < 1.29 is 9.90 Å². The zero-order chi connectivity index (χ0) is 15.6. The molecule has 22 heavy (non-hydrogen) atoms. The molecule has 3 N–H and O–H groups in total. The van der Waals surface area contributed by atoms with Crippen molar-refractivity contribution >= 4 is 29.1 Å². The number of nitrogens with one attached hydrogen (secondary N) is 2. The van der Waals surface area contributed by atoms with Gasteiger partial charge in [-0.05, 0) is 46.7 Å². The number of carbonyl (C=O) groups is 1. The van der Waals surface area contributed by atoms with E-state index in [1.54, 1.807) is 11.8 Å². The summed E-state index contributed by atoms with van der Waals surface area (Å²) < 4.78 is 0. The summed E-state index contributed by atoms with van der Waals surface area (Å²) in [5.74, 6) is 0.960. The third kappa shape index (κ3) is 6.09. The molecule has 0 saturated heterocycles. The predicted molar refractivity (Wildman–Crippen MR) is 92.5 cm³/mol. The van der Waals surface area contributed by atoms with E-state index in [0.29, 0.717) is 6.54 Å². The third-order valence-electron chi connectivity index (χ3n) is 3.00. The van der Waals surface area contributed by atoms with Crippen LogP contribution in [0, 0.1) is 0 Å². The number of hydrogen-bond donors (Lipinski definition) is 3. The molecule has 0 saturated carbocycles. The molecule has 118 valence electrons. The Hall–Kier alpha value is -1.50. The number of benzene rings is 1. The highest BCUT2D eigenvalue weighted by Crippen LogP contribution is 2.17. The molecular weight excluding hydrogens is 316 g/mol. The molecule has 0 radical (unpaired) electrons. The normalized spacial score (nSPS) is 11.9. The van der Waals surface area contributed by atoms with Crippen LogP contribution in [0.4, 0.5) is 4.79 Å². The standard InChI is InChI=1S/C16H20N2O2S2/c19-15(13-7-10-21-12-13)11-18-16(20)17-8-4-9-22-14-5-2-1-3-6-14/h1-3,5-7,10,12,15,19H,4,8-9,11H2,(H2,17,18,20). The number of thioether (sulfide) groups is 1. The van der Waals surface area contributed by atoms with Crippen LogP contribution in [0.25, 0.3) is 0 Å². The van der Waals surface area contributed by atoms with E-state index in [4.69, 9.17) is 0 Å². The van der Waals surface area contributed by atoms with E-state index in [0.717, 1.165) is 17.7 Å². The lowest BCUT2D eigenvalue weighted by Crippen LogP contribution is -2.38. The van der Waals surface area contributed by atoms with Gasteiger partial charge in [0.05, 0.1) is 6.10 Å². The highest BCUT2D eigenvalue weighted by molar-refractivity contribution is 7.99. The number of aliphatic hydroxyl groups excluding tert-OH is 1. The zero-order valence-electron chi connectivity index (χ0n) is 12.2. The Morgan fingerprint density at radius 1 is 1.23 bits per heavy atom. The van der Waals surface area contributed by atoms with Gasteiger partial charge in [-0.15, -0.1) is 11.8 Å². The first kappa shape index (κ1) is 16.9. The minimum Gasteiger partial charge on any atom is -0.387 e. The van der Waals surface area contributed by atoms with Gasteiger partial charge in [-0.2, -0.15) is 11.3 Å². The number of hydrogen-bond acceptors (Lipinski definition) is 4. The van der Waals surface area contributed by atoms with Gasteiger partial charge in [0.2, 0.25) is 0 Å². The number of aliphatic hydroxyl groups is 1. The molecule has 1 aromatic carbocycles. The Bertz CT molecular complexity index is 547. The number of carbonyl (C=O) groups excluding carboxylic acids is 1. The maximum atomic E-state index is 11.6. The Morgan fingerprint density at radius 3 is 2.77 bits per heavy atom. The molecule has 0 bridgehead atoms. The van der Waals surface area contributed by atoms with Gasteiger partial charge < -0.3 is 15.7 Å². The average molecular weight is 336 g/mol.